The molecule has 2 aromatic heterocycles. The SMILES string of the molecule is Cc1cc(-c2cccc3oc4ccc(-c5c(Cl)ccc6sc7ccccc7c56)cc4c23)cc2ccccc12. The quantitative estimate of drug-likeness (QED) is 0.219. The van der Waals surface area contributed by atoms with Gasteiger partial charge in [-0.05, 0) is 82.4 Å². The molecule has 180 valence electrons. The topological polar surface area (TPSA) is 13.1 Å². The van der Waals surface area contributed by atoms with E-state index in [1.165, 1.54) is 47.6 Å². The van der Waals surface area contributed by atoms with Crippen LogP contribution in [0.25, 0.3) is 75.1 Å². The maximum Gasteiger partial charge on any atom is 0.136 e. The Balaban J connectivity index is 1.43. The third kappa shape index (κ3) is 3.18. The molecule has 0 amide bonds. The summed E-state index contributed by atoms with van der Waals surface area (Å²) in [6.07, 6.45) is 0. The van der Waals surface area contributed by atoms with Gasteiger partial charge in [-0.1, -0.05) is 78.3 Å². The number of rotatable bonds is 2. The molecule has 0 bridgehead atoms. The predicted octanol–water partition coefficient (Wildman–Crippen LogP) is 11.4. The fourth-order valence-corrected chi connectivity index (χ4v) is 7.33. The van der Waals surface area contributed by atoms with Crippen LogP contribution in [0.5, 0.6) is 0 Å². The van der Waals surface area contributed by atoms with E-state index in [-0.39, 0.29) is 0 Å². The number of halogens is 1. The van der Waals surface area contributed by atoms with Crippen LogP contribution in [0.3, 0.4) is 0 Å². The smallest absolute Gasteiger partial charge is 0.136 e. The summed E-state index contributed by atoms with van der Waals surface area (Å²) in [7, 11) is 0. The summed E-state index contributed by atoms with van der Waals surface area (Å²) in [4.78, 5) is 0. The molecule has 3 heteroatoms. The van der Waals surface area contributed by atoms with Crippen LogP contribution < -0.4 is 0 Å². The van der Waals surface area contributed by atoms with E-state index < -0.39 is 0 Å². The van der Waals surface area contributed by atoms with Crippen molar-refractivity contribution in [3.05, 3.63) is 120 Å². The highest BCUT2D eigenvalue weighted by Crippen LogP contribution is 2.45. The zero-order valence-electron chi connectivity index (χ0n) is 20.6. The van der Waals surface area contributed by atoms with Crippen LogP contribution in [-0.4, -0.2) is 0 Å². The van der Waals surface area contributed by atoms with E-state index in [0.717, 1.165) is 38.1 Å². The molecule has 0 radical (unpaired) electrons. The van der Waals surface area contributed by atoms with Gasteiger partial charge in [0.2, 0.25) is 0 Å². The van der Waals surface area contributed by atoms with E-state index in [4.69, 9.17) is 16.0 Å². The van der Waals surface area contributed by atoms with Gasteiger partial charge >= 0.3 is 0 Å². The molecular weight excluding hydrogens is 504 g/mol. The van der Waals surface area contributed by atoms with Crippen molar-refractivity contribution in [2.45, 2.75) is 6.92 Å². The van der Waals surface area contributed by atoms with Crippen LogP contribution in [0.2, 0.25) is 5.02 Å². The number of hydrogen-bond donors (Lipinski definition) is 0. The van der Waals surface area contributed by atoms with E-state index in [1.807, 2.05) is 17.4 Å². The average Bonchev–Trinajstić information content (AvgIpc) is 3.51. The molecule has 0 saturated heterocycles. The summed E-state index contributed by atoms with van der Waals surface area (Å²) in [5.41, 5.74) is 7.60. The second kappa shape index (κ2) is 8.19. The Morgan fingerprint density at radius 2 is 1.45 bits per heavy atom. The third-order valence-electron chi connectivity index (χ3n) is 7.66. The first-order chi connectivity index (χ1) is 18.7. The van der Waals surface area contributed by atoms with Crippen molar-refractivity contribution in [2.75, 3.05) is 0 Å². The Morgan fingerprint density at radius 3 is 2.37 bits per heavy atom. The second-order valence-electron chi connectivity index (χ2n) is 9.90. The Morgan fingerprint density at radius 1 is 0.605 bits per heavy atom. The van der Waals surface area contributed by atoms with Crippen molar-refractivity contribution in [1.82, 2.24) is 0 Å². The lowest BCUT2D eigenvalue weighted by molar-refractivity contribution is 0.669. The first-order valence-electron chi connectivity index (χ1n) is 12.7. The van der Waals surface area contributed by atoms with Crippen molar-refractivity contribution in [1.29, 1.82) is 0 Å². The van der Waals surface area contributed by atoms with Crippen molar-refractivity contribution in [2.24, 2.45) is 0 Å². The highest BCUT2D eigenvalue weighted by Gasteiger charge is 2.18. The van der Waals surface area contributed by atoms with Crippen LogP contribution in [0.1, 0.15) is 5.56 Å². The fraction of sp³-hybridized carbons (Fsp3) is 0.0286. The molecule has 0 aliphatic carbocycles. The van der Waals surface area contributed by atoms with E-state index in [1.54, 1.807) is 0 Å². The minimum atomic E-state index is 0.763. The van der Waals surface area contributed by atoms with Crippen LogP contribution >= 0.6 is 22.9 Å². The molecule has 1 nitrogen and oxygen atoms in total. The van der Waals surface area contributed by atoms with Gasteiger partial charge in [0, 0.05) is 41.5 Å². The van der Waals surface area contributed by atoms with Gasteiger partial charge in [0.25, 0.3) is 0 Å². The van der Waals surface area contributed by atoms with Crippen LogP contribution in [0, 0.1) is 6.92 Å². The van der Waals surface area contributed by atoms with Crippen molar-refractivity contribution >= 4 is 75.8 Å². The second-order valence-corrected chi connectivity index (χ2v) is 11.4. The van der Waals surface area contributed by atoms with E-state index in [2.05, 4.69) is 110 Å². The van der Waals surface area contributed by atoms with Gasteiger partial charge in [0.05, 0.1) is 0 Å². The highest BCUT2D eigenvalue weighted by atomic mass is 35.5. The summed E-state index contributed by atoms with van der Waals surface area (Å²) < 4.78 is 8.88. The van der Waals surface area contributed by atoms with Gasteiger partial charge in [-0.2, -0.15) is 0 Å². The maximum absolute atomic E-state index is 6.92. The summed E-state index contributed by atoms with van der Waals surface area (Å²) in [6.45, 7) is 2.19. The predicted molar refractivity (Wildman–Crippen MR) is 165 cm³/mol. The van der Waals surface area contributed by atoms with Crippen molar-refractivity contribution in [3.8, 4) is 22.3 Å². The minimum Gasteiger partial charge on any atom is -0.456 e. The summed E-state index contributed by atoms with van der Waals surface area (Å²) in [6, 6.07) is 38.7. The molecule has 6 aromatic carbocycles. The molecular formula is C35H21ClOS. The number of hydrogen-bond acceptors (Lipinski definition) is 2. The molecule has 0 N–H and O–H groups in total. The molecule has 0 aliphatic heterocycles. The van der Waals surface area contributed by atoms with Gasteiger partial charge in [0.1, 0.15) is 11.2 Å². The first kappa shape index (κ1) is 21.9. The Kier molecular flexibility index (Phi) is 4.73. The Labute approximate surface area is 228 Å². The van der Waals surface area contributed by atoms with Gasteiger partial charge in [-0.15, -0.1) is 11.3 Å². The van der Waals surface area contributed by atoms with E-state index >= 15 is 0 Å². The number of fused-ring (bicyclic) bond motifs is 7. The summed E-state index contributed by atoms with van der Waals surface area (Å²) in [5.74, 6) is 0. The standard InChI is InChI=1S/C35H21ClOS/c1-20-17-23(18-21-7-2-3-8-24(20)21)25-10-6-11-30-34(25)27-19-22(13-15-29(27)37-30)33-28(36)14-16-32-35(33)26-9-4-5-12-31(26)38-32/h2-19H,1H3. The lowest BCUT2D eigenvalue weighted by Gasteiger charge is -2.10. The number of benzene rings is 6. The fourth-order valence-electron chi connectivity index (χ4n) is 5.95. The monoisotopic (exact) mass is 524 g/mol. The molecule has 0 aliphatic rings. The number of furan rings is 1. The van der Waals surface area contributed by atoms with Gasteiger partial charge in [-0.25, -0.2) is 0 Å². The van der Waals surface area contributed by atoms with Crippen LogP contribution in [-0.2, 0) is 0 Å². The highest BCUT2D eigenvalue weighted by molar-refractivity contribution is 7.26. The van der Waals surface area contributed by atoms with E-state index in [9.17, 15) is 0 Å². The first-order valence-corrected chi connectivity index (χ1v) is 13.9. The summed E-state index contributed by atoms with van der Waals surface area (Å²) in [5, 5.41) is 8.00. The molecule has 0 unspecified atom stereocenters. The number of aryl methyl sites for hydroxylation is 1. The lowest BCUT2D eigenvalue weighted by Crippen LogP contribution is -1.85. The maximum atomic E-state index is 6.92. The van der Waals surface area contributed by atoms with Crippen molar-refractivity contribution in [3.63, 3.8) is 0 Å². The van der Waals surface area contributed by atoms with Crippen LogP contribution in [0.15, 0.2) is 114 Å². The average molecular weight is 525 g/mol. The zero-order chi connectivity index (χ0) is 25.4. The molecule has 0 atom stereocenters. The largest absolute Gasteiger partial charge is 0.456 e. The zero-order valence-corrected chi connectivity index (χ0v) is 22.2. The Bertz CT molecular complexity index is 2220. The van der Waals surface area contributed by atoms with E-state index in [0.29, 0.717) is 0 Å². The van der Waals surface area contributed by atoms with Gasteiger partial charge < -0.3 is 4.42 Å². The van der Waals surface area contributed by atoms with Gasteiger partial charge in [-0.3, -0.25) is 0 Å². The molecule has 2 heterocycles. The van der Waals surface area contributed by atoms with Gasteiger partial charge in [0.15, 0.2) is 0 Å². The Hall–Kier alpha value is -4.11. The molecule has 0 spiro atoms. The molecule has 38 heavy (non-hydrogen) atoms. The molecule has 8 rings (SSSR count). The molecule has 0 saturated carbocycles. The molecule has 0 fully saturated rings. The summed E-state index contributed by atoms with van der Waals surface area (Å²) >= 11 is 8.73. The normalized spacial score (nSPS) is 11.9. The van der Waals surface area contributed by atoms with Crippen molar-refractivity contribution < 1.29 is 4.42 Å². The number of thiophene rings is 1. The minimum absolute atomic E-state index is 0.763. The third-order valence-corrected chi connectivity index (χ3v) is 9.11. The van der Waals surface area contributed by atoms with Crippen LogP contribution in [0.4, 0.5) is 0 Å². The molecule has 8 aromatic rings. The lowest BCUT2D eigenvalue weighted by atomic mass is 9.93.